The van der Waals surface area contributed by atoms with Crippen molar-refractivity contribution in [2.75, 3.05) is 6.26 Å². The number of carboxylic acids is 1. The summed E-state index contributed by atoms with van der Waals surface area (Å²) < 4.78 is 11.7. The van der Waals surface area contributed by atoms with E-state index in [4.69, 9.17) is 5.11 Å². The number of hydrogen-bond acceptors (Lipinski definition) is 2. The quantitative estimate of drug-likeness (QED) is 0.878. The summed E-state index contributed by atoms with van der Waals surface area (Å²) >= 11 is 0. The molecule has 1 N–H and O–H groups in total. The normalized spacial score (nSPS) is 12.4. The van der Waals surface area contributed by atoms with E-state index in [1.54, 1.807) is 18.4 Å². The molecule has 1 aromatic carbocycles. The molecule has 0 saturated carbocycles. The molecule has 0 aliphatic heterocycles. The Morgan fingerprint density at radius 2 is 1.94 bits per heavy atom. The Bertz CT molecular complexity index is 438. The minimum Gasteiger partial charge on any atom is -0.478 e. The molecule has 0 radical (unpaired) electrons. The maximum absolute atomic E-state index is 11.7. The van der Waals surface area contributed by atoms with Crippen LogP contribution in [-0.2, 0) is 23.6 Å². The van der Waals surface area contributed by atoms with Crippen molar-refractivity contribution in [3.05, 3.63) is 28.8 Å². The van der Waals surface area contributed by atoms with Crippen LogP contribution in [0.4, 0.5) is 0 Å². The van der Waals surface area contributed by atoms with Gasteiger partial charge < -0.3 is 5.11 Å². The maximum atomic E-state index is 11.7. The molecule has 0 heterocycles. The fourth-order valence-electron chi connectivity index (χ4n) is 1.86. The lowest BCUT2D eigenvalue weighted by atomic mass is 10.0. The van der Waals surface area contributed by atoms with E-state index in [0.717, 1.165) is 12.0 Å². The maximum Gasteiger partial charge on any atom is 0.336 e. The summed E-state index contributed by atoms with van der Waals surface area (Å²) in [5.41, 5.74) is 1.94. The summed E-state index contributed by atoms with van der Waals surface area (Å²) in [5.74, 6) is -0.953. The van der Waals surface area contributed by atoms with E-state index in [-0.39, 0.29) is 5.56 Å². The monoisotopic (exact) mass is 240 g/mol. The Labute approximate surface area is 98.0 Å². The van der Waals surface area contributed by atoms with E-state index in [1.807, 2.05) is 13.8 Å². The SMILES string of the molecule is CCc1ccc(C(=O)O)c(CC)c1[S@](C)=O. The van der Waals surface area contributed by atoms with Crippen LogP contribution in [0.3, 0.4) is 0 Å². The van der Waals surface area contributed by atoms with Crippen molar-refractivity contribution in [3.63, 3.8) is 0 Å². The van der Waals surface area contributed by atoms with E-state index in [2.05, 4.69) is 0 Å². The summed E-state index contributed by atoms with van der Waals surface area (Å²) in [4.78, 5) is 11.8. The van der Waals surface area contributed by atoms with Crippen LogP contribution >= 0.6 is 0 Å². The molecule has 0 fully saturated rings. The molecule has 1 atom stereocenters. The van der Waals surface area contributed by atoms with Crippen LogP contribution in [-0.4, -0.2) is 21.5 Å². The molecular weight excluding hydrogens is 224 g/mol. The zero-order chi connectivity index (χ0) is 12.3. The van der Waals surface area contributed by atoms with Crippen molar-refractivity contribution in [2.45, 2.75) is 31.6 Å². The molecule has 1 rings (SSSR count). The molecule has 0 aromatic heterocycles. The molecule has 0 aliphatic rings. The van der Waals surface area contributed by atoms with Gasteiger partial charge in [0.25, 0.3) is 0 Å². The number of aromatic carboxylic acids is 1. The van der Waals surface area contributed by atoms with Gasteiger partial charge in [-0.15, -0.1) is 0 Å². The highest BCUT2D eigenvalue weighted by Crippen LogP contribution is 2.24. The molecule has 0 unspecified atom stereocenters. The van der Waals surface area contributed by atoms with Crippen LogP contribution in [0.25, 0.3) is 0 Å². The van der Waals surface area contributed by atoms with Gasteiger partial charge in [-0.3, -0.25) is 4.21 Å². The van der Waals surface area contributed by atoms with Crippen LogP contribution < -0.4 is 0 Å². The molecule has 0 bridgehead atoms. The Balaban J connectivity index is 3.56. The third-order valence-corrected chi connectivity index (χ3v) is 3.68. The van der Waals surface area contributed by atoms with Gasteiger partial charge in [-0.05, 0) is 30.0 Å². The molecule has 1 aromatic rings. The average molecular weight is 240 g/mol. The van der Waals surface area contributed by atoms with Crippen molar-refractivity contribution in [2.24, 2.45) is 0 Å². The van der Waals surface area contributed by atoms with Gasteiger partial charge in [0.05, 0.1) is 16.4 Å². The number of carbonyl (C=O) groups is 1. The van der Waals surface area contributed by atoms with Crippen LogP contribution in [0.1, 0.15) is 35.3 Å². The molecule has 0 spiro atoms. The Morgan fingerprint density at radius 1 is 1.31 bits per heavy atom. The summed E-state index contributed by atoms with van der Waals surface area (Å²) in [6.45, 7) is 3.86. The lowest BCUT2D eigenvalue weighted by Crippen LogP contribution is -2.08. The third-order valence-electron chi connectivity index (χ3n) is 2.59. The van der Waals surface area contributed by atoms with Crippen molar-refractivity contribution < 1.29 is 14.1 Å². The van der Waals surface area contributed by atoms with Crippen LogP contribution in [0.2, 0.25) is 0 Å². The minimum atomic E-state index is -1.14. The van der Waals surface area contributed by atoms with Crippen LogP contribution in [0.5, 0.6) is 0 Å². The number of aryl methyl sites for hydroxylation is 1. The van der Waals surface area contributed by atoms with Crippen molar-refractivity contribution in [3.8, 4) is 0 Å². The van der Waals surface area contributed by atoms with Gasteiger partial charge >= 0.3 is 5.97 Å². The molecule has 3 nitrogen and oxygen atoms in total. The lowest BCUT2D eigenvalue weighted by molar-refractivity contribution is 0.0695. The van der Waals surface area contributed by atoms with Crippen LogP contribution in [0.15, 0.2) is 17.0 Å². The zero-order valence-electron chi connectivity index (χ0n) is 9.74. The van der Waals surface area contributed by atoms with E-state index in [0.29, 0.717) is 16.9 Å². The number of hydrogen-bond donors (Lipinski definition) is 1. The molecule has 4 heteroatoms. The molecule has 16 heavy (non-hydrogen) atoms. The zero-order valence-corrected chi connectivity index (χ0v) is 10.6. The molecule has 88 valence electrons. The Kier molecular flexibility index (Phi) is 4.24. The Morgan fingerprint density at radius 3 is 2.31 bits per heavy atom. The highest BCUT2D eigenvalue weighted by Gasteiger charge is 2.17. The fraction of sp³-hybridized carbons (Fsp3) is 0.417. The molecule has 0 amide bonds. The first-order valence-electron chi connectivity index (χ1n) is 5.24. The van der Waals surface area contributed by atoms with Crippen molar-refractivity contribution in [1.29, 1.82) is 0 Å². The second-order valence-electron chi connectivity index (χ2n) is 3.55. The first-order chi connectivity index (χ1) is 7.52. The van der Waals surface area contributed by atoms with Gasteiger partial charge in [-0.2, -0.15) is 0 Å². The second-order valence-corrected chi connectivity index (χ2v) is 4.86. The van der Waals surface area contributed by atoms with E-state index >= 15 is 0 Å². The predicted molar refractivity (Wildman–Crippen MR) is 64.5 cm³/mol. The smallest absolute Gasteiger partial charge is 0.336 e. The van der Waals surface area contributed by atoms with Gasteiger partial charge in [-0.1, -0.05) is 19.9 Å². The Hall–Kier alpha value is -1.16. The summed E-state index contributed by atoms with van der Waals surface area (Å²) in [6.07, 6.45) is 2.95. The number of carboxylic acid groups (broad SMARTS) is 1. The average Bonchev–Trinajstić information content (AvgIpc) is 2.26. The van der Waals surface area contributed by atoms with Crippen LogP contribution in [0, 0.1) is 0 Å². The number of benzene rings is 1. The van der Waals surface area contributed by atoms with E-state index < -0.39 is 16.8 Å². The summed E-state index contributed by atoms with van der Waals surface area (Å²) in [7, 11) is -1.14. The highest BCUT2D eigenvalue weighted by atomic mass is 32.2. The highest BCUT2D eigenvalue weighted by molar-refractivity contribution is 7.84. The standard InChI is InChI=1S/C12H16O3S/c1-4-8-6-7-10(12(13)14)9(5-2)11(8)16(3)15/h6-7H,4-5H2,1-3H3,(H,13,14)/t16-/m0/s1. The molecule has 0 aliphatic carbocycles. The van der Waals surface area contributed by atoms with E-state index in [9.17, 15) is 9.00 Å². The van der Waals surface area contributed by atoms with Gasteiger partial charge in [0.2, 0.25) is 0 Å². The molecule has 0 saturated heterocycles. The minimum absolute atomic E-state index is 0.268. The van der Waals surface area contributed by atoms with Gasteiger partial charge in [0.1, 0.15) is 0 Å². The van der Waals surface area contributed by atoms with Gasteiger partial charge in [0, 0.05) is 11.2 Å². The number of rotatable bonds is 4. The third kappa shape index (κ3) is 2.32. The fourth-order valence-corrected chi connectivity index (χ4v) is 3.05. The largest absolute Gasteiger partial charge is 0.478 e. The summed E-state index contributed by atoms with van der Waals surface area (Å²) in [6, 6.07) is 3.37. The first kappa shape index (κ1) is 12.9. The first-order valence-corrected chi connectivity index (χ1v) is 6.80. The van der Waals surface area contributed by atoms with Gasteiger partial charge in [-0.25, -0.2) is 4.79 Å². The summed E-state index contributed by atoms with van der Waals surface area (Å²) in [5, 5.41) is 9.07. The predicted octanol–water partition coefficient (Wildman–Crippen LogP) is 2.25. The van der Waals surface area contributed by atoms with Gasteiger partial charge in [0.15, 0.2) is 0 Å². The lowest BCUT2D eigenvalue weighted by Gasteiger charge is -2.13. The van der Waals surface area contributed by atoms with Crippen molar-refractivity contribution >= 4 is 16.8 Å². The topological polar surface area (TPSA) is 54.4 Å². The molecular formula is C12H16O3S. The van der Waals surface area contributed by atoms with Crippen molar-refractivity contribution in [1.82, 2.24) is 0 Å². The second kappa shape index (κ2) is 5.25. The van der Waals surface area contributed by atoms with E-state index in [1.165, 1.54) is 0 Å².